The molecule has 21 heavy (non-hydrogen) atoms. The molecule has 0 aliphatic heterocycles. The molecule has 1 aromatic rings. The van der Waals surface area contributed by atoms with Crippen molar-refractivity contribution in [3.8, 4) is 11.5 Å². The van der Waals surface area contributed by atoms with E-state index >= 15 is 0 Å². The number of hydrogen-bond donors (Lipinski definition) is 2. The maximum atomic E-state index is 11.7. The van der Waals surface area contributed by atoms with Crippen LogP contribution in [0, 0.1) is 5.92 Å². The summed E-state index contributed by atoms with van der Waals surface area (Å²) in [6.07, 6.45) is 0. The molecule has 0 saturated carbocycles. The zero-order chi connectivity index (χ0) is 16.0. The molecule has 2 N–H and O–H groups in total. The topological polar surface area (TPSA) is 61.8 Å². The van der Waals surface area contributed by atoms with E-state index in [1.54, 1.807) is 12.1 Å². The normalized spacial score (nSPS) is 11.0. The van der Waals surface area contributed by atoms with Gasteiger partial charge in [0, 0.05) is 13.1 Å². The SMILES string of the molecule is COc1cc(CN(C)CC(=O)NCC(C)C)cc(Cl)c1O. The fourth-order valence-electron chi connectivity index (χ4n) is 1.86. The van der Waals surface area contributed by atoms with Crippen LogP contribution in [-0.4, -0.2) is 43.2 Å². The van der Waals surface area contributed by atoms with Gasteiger partial charge in [0.2, 0.25) is 5.91 Å². The summed E-state index contributed by atoms with van der Waals surface area (Å²) in [4.78, 5) is 13.6. The monoisotopic (exact) mass is 314 g/mol. The number of nitrogens with one attached hydrogen (secondary N) is 1. The zero-order valence-corrected chi connectivity index (χ0v) is 13.7. The third-order valence-electron chi connectivity index (χ3n) is 2.88. The third kappa shape index (κ3) is 5.81. The van der Waals surface area contributed by atoms with Gasteiger partial charge in [0.05, 0.1) is 18.7 Å². The molecule has 0 heterocycles. The lowest BCUT2D eigenvalue weighted by atomic mass is 10.2. The number of carbonyl (C=O) groups excluding carboxylic acids is 1. The Kier molecular flexibility index (Phi) is 6.78. The van der Waals surface area contributed by atoms with E-state index in [2.05, 4.69) is 19.2 Å². The van der Waals surface area contributed by atoms with Crippen molar-refractivity contribution < 1.29 is 14.6 Å². The Labute approximate surface area is 130 Å². The Balaban J connectivity index is 2.60. The minimum Gasteiger partial charge on any atom is -0.503 e. The Morgan fingerprint density at radius 1 is 1.48 bits per heavy atom. The summed E-state index contributed by atoms with van der Waals surface area (Å²) in [6, 6.07) is 3.38. The maximum Gasteiger partial charge on any atom is 0.234 e. The first-order valence-electron chi connectivity index (χ1n) is 6.84. The molecule has 0 spiro atoms. The van der Waals surface area contributed by atoms with E-state index in [9.17, 15) is 9.90 Å². The molecular weight excluding hydrogens is 292 g/mol. The number of methoxy groups -OCH3 is 1. The number of phenols is 1. The summed E-state index contributed by atoms with van der Waals surface area (Å²) in [6.45, 7) is 5.61. The highest BCUT2D eigenvalue weighted by molar-refractivity contribution is 6.32. The average molecular weight is 315 g/mol. The Hall–Kier alpha value is -1.46. The molecule has 0 aliphatic rings. The largest absolute Gasteiger partial charge is 0.503 e. The van der Waals surface area contributed by atoms with Crippen molar-refractivity contribution in [1.29, 1.82) is 0 Å². The van der Waals surface area contributed by atoms with Gasteiger partial charge in [0.25, 0.3) is 0 Å². The van der Waals surface area contributed by atoms with Crippen molar-refractivity contribution in [3.05, 3.63) is 22.7 Å². The number of phenolic OH excluding ortho intramolecular Hbond substituents is 1. The van der Waals surface area contributed by atoms with Crippen LogP contribution in [0.4, 0.5) is 0 Å². The third-order valence-corrected chi connectivity index (χ3v) is 3.17. The second kappa shape index (κ2) is 8.10. The van der Waals surface area contributed by atoms with Crippen molar-refractivity contribution in [2.75, 3.05) is 27.2 Å². The summed E-state index contributed by atoms with van der Waals surface area (Å²) in [5.74, 6) is 0.679. The van der Waals surface area contributed by atoms with Gasteiger partial charge in [0.1, 0.15) is 0 Å². The molecule has 5 nitrogen and oxygen atoms in total. The van der Waals surface area contributed by atoms with E-state index in [1.807, 2.05) is 11.9 Å². The fourth-order valence-corrected chi connectivity index (χ4v) is 2.09. The van der Waals surface area contributed by atoms with Gasteiger partial charge in [-0.05, 0) is 30.7 Å². The van der Waals surface area contributed by atoms with E-state index in [4.69, 9.17) is 16.3 Å². The number of aromatic hydroxyl groups is 1. The molecule has 0 atom stereocenters. The highest BCUT2D eigenvalue weighted by Gasteiger charge is 2.12. The highest BCUT2D eigenvalue weighted by Crippen LogP contribution is 2.35. The minimum absolute atomic E-state index is 0.0111. The van der Waals surface area contributed by atoms with Gasteiger partial charge in [0.15, 0.2) is 11.5 Å². The summed E-state index contributed by atoms with van der Waals surface area (Å²) in [7, 11) is 3.32. The first-order valence-corrected chi connectivity index (χ1v) is 7.22. The smallest absolute Gasteiger partial charge is 0.234 e. The highest BCUT2D eigenvalue weighted by atomic mass is 35.5. The van der Waals surface area contributed by atoms with Crippen molar-refractivity contribution in [2.45, 2.75) is 20.4 Å². The van der Waals surface area contributed by atoms with Crippen LogP contribution < -0.4 is 10.1 Å². The van der Waals surface area contributed by atoms with Crippen LogP contribution in [0.5, 0.6) is 11.5 Å². The average Bonchev–Trinajstić information content (AvgIpc) is 2.40. The number of halogens is 1. The molecule has 0 bridgehead atoms. The van der Waals surface area contributed by atoms with Crippen LogP contribution in [0.15, 0.2) is 12.1 Å². The predicted octanol–water partition coefficient (Wildman–Crippen LogP) is 2.26. The number of likely N-dealkylation sites (N-methyl/N-ethyl adjacent to an activating group) is 1. The molecule has 1 amide bonds. The Morgan fingerprint density at radius 2 is 2.14 bits per heavy atom. The first-order chi connectivity index (χ1) is 9.83. The maximum absolute atomic E-state index is 11.7. The lowest BCUT2D eigenvalue weighted by Crippen LogP contribution is -2.36. The summed E-state index contributed by atoms with van der Waals surface area (Å²) >= 11 is 5.94. The van der Waals surface area contributed by atoms with Gasteiger partial charge in [-0.2, -0.15) is 0 Å². The molecule has 6 heteroatoms. The molecule has 118 valence electrons. The number of nitrogens with zero attached hydrogens (tertiary/aromatic N) is 1. The summed E-state index contributed by atoms with van der Waals surface area (Å²) in [5.41, 5.74) is 0.869. The summed E-state index contributed by atoms with van der Waals surface area (Å²) in [5, 5.41) is 12.8. The molecule has 0 aromatic heterocycles. The molecule has 0 unspecified atom stereocenters. The van der Waals surface area contributed by atoms with Gasteiger partial charge in [-0.25, -0.2) is 0 Å². The lowest BCUT2D eigenvalue weighted by molar-refractivity contribution is -0.122. The first kappa shape index (κ1) is 17.6. The van der Waals surface area contributed by atoms with Crippen LogP contribution in [0.25, 0.3) is 0 Å². The number of rotatable bonds is 7. The van der Waals surface area contributed by atoms with Crippen LogP contribution in [0.3, 0.4) is 0 Å². The van der Waals surface area contributed by atoms with Gasteiger partial charge >= 0.3 is 0 Å². The lowest BCUT2D eigenvalue weighted by Gasteiger charge is -2.18. The minimum atomic E-state index is -0.0692. The Morgan fingerprint density at radius 3 is 2.71 bits per heavy atom. The van der Waals surface area contributed by atoms with Crippen LogP contribution >= 0.6 is 11.6 Å². The van der Waals surface area contributed by atoms with E-state index < -0.39 is 0 Å². The van der Waals surface area contributed by atoms with E-state index in [-0.39, 0.29) is 16.7 Å². The van der Waals surface area contributed by atoms with Crippen molar-refractivity contribution >= 4 is 17.5 Å². The second-order valence-corrected chi connectivity index (χ2v) is 5.91. The predicted molar refractivity (Wildman–Crippen MR) is 83.9 cm³/mol. The zero-order valence-electron chi connectivity index (χ0n) is 12.9. The number of carbonyl (C=O) groups is 1. The van der Waals surface area contributed by atoms with Gasteiger partial charge in [-0.3, -0.25) is 9.69 Å². The van der Waals surface area contributed by atoms with Crippen molar-refractivity contribution in [3.63, 3.8) is 0 Å². The molecular formula is C15H23ClN2O3. The second-order valence-electron chi connectivity index (χ2n) is 5.50. The van der Waals surface area contributed by atoms with Gasteiger partial charge in [-0.15, -0.1) is 0 Å². The van der Waals surface area contributed by atoms with E-state index in [0.717, 1.165) is 5.56 Å². The molecule has 0 aliphatic carbocycles. The van der Waals surface area contributed by atoms with E-state index in [0.29, 0.717) is 31.3 Å². The van der Waals surface area contributed by atoms with Crippen molar-refractivity contribution in [2.24, 2.45) is 5.92 Å². The number of ether oxygens (including phenoxy) is 1. The molecule has 0 saturated heterocycles. The fraction of sp³-hybridized carbons (Fsp3) is 0.533. The molecule has 1 rings (SSSR count). The standard InChI is InChI=1S/C15H23ClN2O3/c1-10(2)7-17-14(19)9-18(3)8-11-5-12(16)15(20)13(6-11)21-4/h5-6,10,20H,7-9H2,1-4H3,(H,17,19). The quantitative estimate of drug-likeness (QED) is 0.810. The van der Waals surface area contributed by atoms with Crippen LogP contribution in [0.1, 0.15) is 19.4 Å². The summed E-state index contributed by atoms with van der Waals surface area (Å²) < 4.78 is 5.06. The molecule has 1 aromatic carbocycles. The van der Waals surface area contributed by atoms with Crippen LogP contribution in [-0.2, 0) is 11.3 Å². The molecule has 0 fully saturated rings. The molecule has 0 radical (unpaired) electrons. The van der Waals surface area contributed by atoms with E-state index in [1.165, 1.54) is 7.11 Å². The number of amides is 1. The Bertz CT molecular complexity index is 492. The van der Waals surface area contributed by atoms with Crippen molar-refractivity contribution in [1.82, 2.24) is 10.2 Å². The van der Waals surface area contributed by atoms with Gasteiger partial charge in [-0.1, -0.05) is 25.4 Å². The van der Waals surface area contributed by atoms with Crippen LogP contribution in [0.2, 0.25) is 5.02 Å². The van der Waals surface area contributed by atoms with Gasteiger partial charge < -0.3 is 15.2 Å². The number of benzene rings is 1. The number of hydrogen-bond acceptors (Lipinski definition) is 4.